The Kier molecular flexibility index (Phi) is 7.52. The summed E-state index contributed by atoms with van der Waals surface area (Å²) < 4.78 is 11.3. The lowest BCUT2D eigenvalue weighted by Gasteiger charge is -2.26. The molecule has 1 saturated heterocycles. The molecule has 2 aromatic carbocycles. The number of nitrogens with zero attached hydrogens (tertiary/aromatic N) is 5. The number of ether oxygens (including phenoxy) is 2. The molecule has 0 bridgehead atoms. The van der Waals surface area contributed by atoms with E-state index in [0.29, 0.717) is 24.1 Å². The molecular weight excluding hydrogens is 430 g/mol. The minimum absolute atomic E-state index is 0.240. The van der Waals surface area contributed by atoms with Crippen LogP contribution < -0.4 is 15.4 Å². The normalized spacial score (nSPS) is 13.8. The quantitative estimate of drug-likeness (QED) is 0.519. The highest BCUT2D eigenvalue weighted by molar-refractivity contribution is 5.65. The SMILES string of the molecule is Cc1cc(C)c(Nc2nc(Nc3ccc(C#N)cc3)nc(OCCN3CCOCC3)n2)c(C)c1. The molecule has 0 amide bonds. The highest BCUT2D eigenvalue weighted by atomic mass is 16.5. The molecule has 2 N–H and O–H groups in total. The van der Waals surface area contributed by atoms with E-state index in [1.807, 2.05) is 12.1 Å². The minimum Gasteiger partial charge on any atom is -0.462 e. The van der Waals surface area contributed by atoms with Crippen LogP contribution in [0.3, 0.4) is 0 Å². The smallest absolute Gasteiger partial charge is 0.323 e. The largest absolute Gasteiger partial charge is 0.462 e. The van der Waals surface area contributed by atoms with Crippen LogP contribution in [0.1, 0.15) is 22.3 Å². The Morgan fingerprint density at radius 2 is 1.62 bits per heavy atom. The number of nitrogens with one attached hydrogen (secondary N) is 2. The number of aromatic nitrogens is 3. The van der Waals surface area contributed by atoms with Crippen LogP contribution in [0.4, 0.5) is 23.3 Å². The molecule has 34 heavy (non-hydrogen) atoms. The summed E-state index contributed by atoms with van der Waals surface area (Å²) in [5, 5.41) is 15.6. The zero-order valence-electron chi connectivity index (χ0n) is 19.8. The number of anilines is 4. The van der Waals surface area contributed by atoms with Crippen LogP contribution in [-0.4, -0.2) is 59.3 Å². The first-order valence-electron chi connectivity index (χ1n) is 11.3. The van der Waals surface area contributed by atoms with Gasteiger partial charge in [-0.2, -0.15) is 20.2 Å². The molecule has 0 spiro atoms. The Labute approximate surface area is 199 Å². The molecule has 0 atom stereocenters. The van der Waals surface area contributed by atoms with Crippen LogP contribution >= 0.6 is 0 Å². The van der Waals surface area contributed by atoms with Crippen LogP contribution in [0.2, 0.25) is 0 Å². The summed E-state index contributed by atoms with van der Waals surface area (Å²) in [5.74, 6) is 0.744. The molecule has 9 heteroatoms. The molecule has 4 rings (SSSR count). The Balaban J connectivity index is 1.55. The molecular formula is C25H29N7O2. The van der Waals surface area contributed by atoms with E-state index in [4.69, 9.17) is 14.7 Å². The molecule has 0 radical (unpaired) electrons. The van der Waals surface area contributed by atoms with Crippen molar-refractivity contribution < 1.29 is 9.47 Å². The van der Waals surface area contributed by atoms with Gasteiger partial charge in [0.05, 0.1) is 24.8 Å². The zero-order chi connectivity index (χ0) is 23.9. The fourth-order valence-corrected chi connectivity index (χ4v) is 3.87. The molecule has 0 aliphatic carbocycles. The van der Waals surface area contributed by atoms with E-state index in [2.05, 4.69) is 69.5 Å². The predicted octanol–water partition coefficient (Wildman–Crippen LogP) is 3.87. The average Bonchev–Trinajstić information content (AvgIpc) is 2.82. The van der Waals surface area contributed by atoms with Crippen LogP contribution in [-0.2, 0) is 4.74 Å². The molecule has 176 valence electrons. The van der Waals surface area contributed by atoms with Crippen molar-refractivity contribution in [3.8, 4) is 12.1 Å². The summed E-state index contributed by atoms with van der Waals surface area (Å²) in [6.45, 7) is 10.7. The first-order valence-corrected chi connectivity index (χ1v) is 11.3. The fraction of sp³-hybridized carbons (Fsp3) is 0.360. The van der Waals surface area contributed by atoms with Crippen molar-refractivity contribution in [3.63, 3.8) is 0 Å². The van der Waals surface area contributed by atoms with Gasteiger partial charge >= 0.3 is 6.01 Å². The fourth-order valence-electron chi connectivity index (χ4n) is 3.87. The van der Waals surface area contributed by atoms with Gasteiger partial charge in [-0.1, -0.05) is 17.7 Å². The van der Waals surface area contributed by atoms with Gasteiger partial charge in [0.25, 0.3) is 0 Å². The van der Waals surface area contributed by atoms with Gasteiger partial charge in [-0.3, -0.25) is 4.90 Å². The molecule has 2 heterocycles. The van der Waals surface area contributed by atoms with Gasteiger partial charge in [-0.25, -0.2) is 0 Å². The Morgan fingerprint density at radius 3 is 2.26 bits per heavy atom. The second kappa shape index (κ2) is 10.9. The monoisotopic (exact) mass is 459 g/mol. The number of benzene rings is 2. The topological polar surface area (TPSA) is 108 Å². The first-order chi connectivity index (χ1) is 16.5. The van der Waals surface area contributed by atoms with Crippen molar-refractivity contribution in [1.29, 1.82) is 5.26 Å². The maximum absolute atomic E-state index is 9.03. The van der Waals surface area contributed by atoms with Crippen molar-refractivity contribution in [2.75, 3.05) is 50.1 Å². The molecule has 1 aliphatic heterocycles. The van der Waals surface area contributed by atoms with E-state index in [0.717, 1.165) is 55.3 Å². The Hall–Kier alpha value is -3.74. The average molecular weight is 460 g/mol. The lowest BCUT2D eigenvalue weighted by Crippen LogP contribution is -2.38. The lowest BCUT2D eigenvalue weighted by molar-refractivity contribution is 0.0317. The van der Waals surface area contributed by atoms with E-state index in [-0.39, 0.29) is 6.01 Å². The van der Waals surface area contributed by atoms with Crippen molar-refractivity contribution in [2.24, 2.45) is 0 Å². The van der Waals surface area contributed by atoms with Gasteiger partial charge in [0.15, 0.2) is 0 Å². The van der Waals surface area contributed by atoms with E-state index < -0.39 is 0 Å². The Bertz CT molecular complexity index is 1150. The summed E-state index contributed by atoms with van der Waals surface area (Å²) in [6.07, 6.45) is 0. The Morgan fingerprint density at radius 1 is 0.971 bits per heavy atom. The van der Waals surface area contributed by atoms with Crippen LogP contribution in [0.15, 0.2) is 36.4 Å². The van der Waals surface area contributed by atoms with E-state index in [1.54, 1.807) is 12.1 Å². The molecule has 1 fully saturated rings. The number of rotatable bonds is 8. The molecule has 0 unspecified atom stereocenters. The second-order valence-electron chi connectivity index (χ2n) is 8.28. The van der Waals surface area contributed by atoms with Crippen LogP contribution in [0.25, 0.3) is 0 Å². The summed E-state index contributed by atoms with van der Waals surface area (Å²) in [4.78, 5) is 15.8. The number of hydrogen-bond donors (Lipinski definition) is 2. The summed E-state index contributed by atoms with van der Waals surface area (Å²) >= 11 is 0. The number of morpholine rings is 1. The zero-order valence-corrected chi connectivity index (χ0v) is 19.8. The van der Waals surface area contributed by atoms with Crippen molar-refractivity contribution in [1.82, 2.24) is 19.9 Å². The number of aryl methyl sites for hydroxylation is 3. The van der Waals surface area contributed by atoms with Crippen LogP contribution in [0.5, 0.6) is 6.01 Å². The molecule has 1 aliphatic rings. The first kappa shape index (κ1) is 23.4. The number of nitriles is 1. The molecule has 3 aromatic rings. The third kappa shape index (κ3) is 6.19. The maximum Gasteiger partial charge on any atom is 0.323 e. The van der Waals surface area contributed by atoms with Gasteiger partial charge in [0, 0.05) is 31.0 Å². The van der Waals surface area contributed by atoms with Gasteiger partial charge in [0.2, 0.25) is 11.9 Å². The second-order valence-corrected chi connectivity index (χ2v) is 8.28. The standard InChI is InChI=1S/C25H29N7O2/c1-17-14-18(2)22(19(3)15-17)28-24-29-23(27-21-6-4-20(16-26)5-7-21)30-25(31-24)34-13-10-32-8-11-33-12-9-32/h4-7,14-15H,8-13H2,1-3H3,(H2,27,28,29,30,31). The third-order valence-corrected chi connectivity index (χ3v) is 5.54. The van der Waals surface area contributed by atoms with Gasteiger partial charge in [-0.05, 0) is 56.2 Å². The predicted molar refractivity (Wildman–Crippen MR) is 131 cm³/mol. The number of hydrogen-bond acceptors (Lipinski definition) is 9. The maximum atomic E-state index is 9.03. The highest BCUT2D eigenvalue weighted by Gasteiger charge is 2.13. The third-order valence-electron chi connectivity index (χ3n) is 5.54. The highest BCUT2D eigenvalue weighted by Crippen LogP contribution is 2.26. The summed E-state index contributed by atoms with van der Waals surface area (Å²) in [7, 11) is 0. The lowest BCUT2D eigenvalue weighted by atomic mass is 10.1. The van der Waals surface area contributed by atoms with Crippen LogP contribution in [0, 0.1) is 32.1 Å². The summed E-state index contributed by atoms with van der Waals surface area (Å²) in [5.41, 5.74) is 5.72. The van der Waals surface area contributed by atoms with E-state index >= 15 is 0 Å². The minimum atomic E-state index is 0.240. The van der Waals surface area contributed by atoms with E-state index in [9.17, 15) is 0 Å². The summed E-state index contributed by atoms with van der Waals surface area (Å²) in [6, 6.07) is 13.7. The van der Waals surface area contributed by atoms with Crippen molar-refractivity contribution in [2.45, 2.75) is 20.8 Å². The van der Waals surface area contributed by atoms with Gasteiger partial charge < -0.3 is 20.1 Å². The van der Waals surface area contributed by atoms with Crippen molar-refractivity contribution in [3.05, 3.63) is 58.7 Å². The van der Waals surface area contributed by atoms with Gasteiger partial charge in [-0.15, -0.1) is 0 Å². The molecule has 9 nitrogen and oxygen atoms in total. The molecule has 0 saturated carbocycles. The van der Waals surface area contributed by atoms with E-state index in [1.165, 1.54) is 5.56 Å². The molecule has 1 aromatic heterocycles. The van der Waals surface area contributed by atoms with Gasteiger partial charge in [0.1, 0.15) is 6.61 Å². The van der Waals surface area contributed by atoms with Crippen molar-refractivity contribution >= 4 is 23.3 Å².